The number of fused-ring (bicyclic) bond motifs is 2. The molecule has 0 fully saturated rings. The topological polar surface area (TPSA) is 71.2 Å². The van der Waals surface area contributed by atoms with Gasteiger partial charge < -0.3 is 10.0 Å². The monoisotopic (exact) mass is 408 g/mol. The van der Waals surface area contributed by atoms with Crippen molar-refractivity contribution in [2.24, 2.45) is 0 Å². The van der Waals surface area contributed by atoms with Crippen LogP contribution in [-0.4, -0.2) is 30.1 Å². The Labute approximate surface area is 169 Å². The molecule has 8 heteroatoms. The van der Waals surface area contributed by atoms with Gasteiger partial charge in [0, 0.05) is 35.1 Å². The van der Waals surface area contributed by atoms with E-state index in [2.05, 4.69) is 16.1 Å². The van der Waals surface area contributed by atoms with E-state index in [-0.39, 0.29) is 5.91 Å². The number of aliphatic hydroxyl groups is 1. The highest BCUT2D eigenvalue weighted by molar-refractivity contribution is 7.97. The first-order chi connectivity index (χ1) is 13.7. The predicted molar refractivity (Wildman–Crippen MR) is 109 cm³/mol. The van der Waals surface area contributed by atoms with E-state index >= 15 is 0 Å². The molecule has 28 heavy (non-hydrogen) atoms. The summed E-state index contributed by atoms with van der Waals surface area (Å²) >= 11 is 3.15. The Morgan fingerprint density at radius 1 is 1.18 bits per heavy atom. The molecule has 1 N–H and O–H groups in total. The molecule has 0 saturated carbocycles. The summed E-state index contributed by atoms with van der Waals surface area (Å²) in [5.74, 6) is -0.293. The van der Waals surface area contributed by atoms with Crippen molar-refractivity contribution in [3.8, 4) is 0 Å². The van der Waals surface area contributed by atoms with Gasteiger partial charge in [0.25, 0.3) is 5.91 Å². The molecule has 0 saturated heterocycles. The van der Waals surface area contributed by atoms with Gasteiger partial charge in [0.2, 0.25) is 0 Å². The highest BCUT2D eigenvalue weighted by Gasteiger charge is 2.31. The fourth-order valence-corrected chi connectivity index (χ4v) is 4.91. The van der Waals surface area contributed by atoms with Gasteiger partial charge >= 0.3 is 0 Å². The van der Waals surface area contributed by atoms with Gasteiger partial charge in [-0.2, -0.15) is 5.10 Å². The lowest BCUT2D eigenvalue weighted by molar-refractivity contribution is -0.141. The summed E-state index contributed by atoms with van der Waals surface area (Å²) in [4.78, 5) is 19.7. The van der Waals surface area contributed by atoms with Gasteiger partial charge in [-0.3, -0.25) is 4.79 Å². The molecule has 2 aromatic heterocycles. The second-order valence-corrected chi connectivity index (χ2v) is 8.50. The Morgan fingerprint density at radius 3 is 2.86 bits per heavy atom. The second kappa shape index (κ2) is 7.05. The predicted octanol–water partition coefficient (Wildman–Crippen LogP) is 3.62. The lowest BCUT2D eigenvalue weighted by atomic mass is 10.1. The Bertz CT molecular complexity index is 1130. The van der Waals surface area contributed by atoms with Crippen molar-refractivity contribution in [3.05, 3.63) is 77.1 Å². The largest absolute Gasteiger partial charge is 0.378 e. The van der Waals surface area contributed by atoms with Crippen molar-refractivity contribution in [3.63, 3.8) is 0 Å². The Morgan fingerprint density at radius 2 is 2.04 bits per heavy atom. The molecule has 6 nitrogen and oxygen atoms in total. The zero-order valence-corrected chi connectivity index (χ0v) is 16.4. The van der Waals surface area contributed by atoms with E-state index in [4.69, 9.17) is 0 Å². The van der Waals surface area contributed by atoms with Crippen LogP contribution in [0.25, 0.3) is 10.2 Å². The van der Waals surface area contributed by atoms with Crippen LogP contribution >= 0.6 is 23.3 Å². The number of hydrogen-bond acceptors (Lipinski definition) is 6. The third-order valence-corrected chi connectivity index (χ3v) is 6.35. The highest BCUT2D eigenvalue weighted by atomic mass is 32.2. The van der Waals surface area contributed by atoms with Crippen molar-refractivity contribution in [2.45, 2.75) is 24.1 Å². The third kappa shape index (κ3) is 3.19. The van der Waals surface area contributed by atoms with Gasteiger partial charge in [-0.15, -0.1) is 11.3 Å². The molecule has 0 bridgehead atoms. The Kier molecular flexibility index (Phi) is 4.38. The summed E-state index contributed by atoms with van der Waals surface area (Å²) in [5, 5.41) is 15.0. The molecule has 5 rings (SSSR count). The average Bonchev–Trinajstić information content (AvgIpc) is 3.42. The molecule has 4 aromatic rings. The number of carbonyl (C=O) groups excluding carboxylic acids is 1. The van der Waals surface area contributed by atoms with Gasteiger partial charge in [0.15, 0.2) is 6.10 Å². The molecular formula is C20H16N4O2S2. The number of carbonyl (C=O) groups is 1. The lowest BCUT2D eigenvalue weighted by Gasteiger charge is -2.19. The maximum absolute atomic E-state index is 12.6. The van der Waals surface area contributed by atoms with E-state index in [1.807, 2.05) is 46.1 Å². The molecule has 1 aliphatic rings. The van der Waals surface area contributed by atoms with Crippen molar-refractivity contribution in [1.82, 2.24) is 19.1 Å². The number of hydrogen-bond donors (Lipinski definition) is 1. The summed E-state index contributed by atoms with van der Waals surface area (Å²) in [6, 6.07) is 15.2. The minimum absolute atomic E-state index is 0.293. The summed E-state index contributed by atoms with van der Waals surface area (Å²) in [6.45, 7) is 0.881. The third-order valence-electron chi connectivity index (χ3n) is 4.72. The van der Waals surface area contributed by atoms with Crippen molar-refractivity contribution >= 4 is 39.4 Å². The average molecular weight is 409 g/mol. The summed E-state index contributed by atoms with van der Waals surface area (Å²) < 4.78 is 2.99. The maximum Gasteiger partial charge on any atom is 0.256 e. The van der Waals surface area contributed by atoms with E-state index < -0.39 is 6.10 Å². The minimum Gasteiger partial charge on any atom is -0.378 e. The summed E-state index contributed by atoms with van der Waals surface area (Å²) in [6.07, 6.45) is 0.816. The van der Waals surface area contributed by atoms with Crippen LogP contribution in [0.2, 0.25) is 0 Å². The molecule has 140 valence electrons. The normalized spacial score (nSPS) is 14.4. The second-order valence-electron chi connectivity index (χ2n) is 6.58. The van der Waals surface area contributed by atoms with E-state index in [9.17, 15) is 9.90 Å². The number of aromatic nitrogens is 3. The maximum atomic E-state index is 12.6. The van der Waals surface area contributed by atoms with Crippen LogP contribution < -0.4 is 0 Å². The van der Waals surface area contributed by atoms with Gasteiger partial charge in [-0.05, 0) is 23.8 Å². The van der Waals surface area contributed by atoms with Gasteiger partial charge in [-0.1, -0.05) is 30.3 Å². The number of benzene rings is 2. The van der Waals surface area contributed by atoms with E-state index in [0.717, 1.165) is 26.4 Å². The molecular weight excluding hydrogens is 392 g/mol. The number of thiazole rings is 1. The van der Waals surface area contributed by atoms with E-state index in [1.165, 1.54) is 11.9 Å². The molecule has 1 atom stereocenters. The first-order valence-electron chi connectivity index (χ1n) is 8.78. The number of aliphatic hydroxyl groups excluding tert-OH is 1. The zero-order chi connectivity index (χ0) is 19.1. The molecule has 0 radical (unpaired) electrons. The van der Waals surface area contributed by atoms with Crippen LogP contribution in [0.5, 0.6) is 0 Å². The van der Waals surface area contributed by atoms with Crippen LogP contribution in [0.1, 0.15) is 22.9 Å². The number of amides is 1. The molecule has 2 aromatic carbocycles. The molecule has 0 spiro atoms. The molecule has 3 heterocycles. The fourth-order valence-electron chi connectivity index (χ4n) is 3.28. The van der Waals surface area contributed by atoms with Crippen LogP contribution in [0.4, 0.5) is 0 Å². The first kappa shape index (κ1) is 17.4. The van der Waals surface area contributed by atoms with E-state index in [0.29, 0.717) is 18.7 Å². The standard InChI is InChI=1S/C20H16N4O2S2/c25-19(13-4-2-1-3-5-13)20(26)23-9-14-10-24(22-17(14)11-23)28-15-6-7-16-18(8-15)27-12-21-16/h1-8,10,12,19,25H,9,11H2. The number of nitrogens with zero attached hydrogens (tertiary/aromatic N) is 4. The molecule has 1 amide bonds. The van der Waals surface area contributed by atoms with Crippen molar-refractivity contribution < 1.29 is 9.90 Å². The first-order valence-corrected chi connectivity index (χ1v) is 10.4. The van der Waals surface area contributed by atoms with Crippen LogP contribution in [0.15, 0.2) is 65.1 Å². The SMILES string of the molecule is O=C(C(O)c1ccccc1)N1Cc2cn(Sc3ccc4ncsc4c3)nc2C1. The zero-order valence-electron chi connectivity index (χ0n) is 14.7. The molecule has 1 unspecified atom stereocenters. The van der Waals surface area contributed by atoms with E-state index in [1.54, 1.807) is 28.4 Å². The van der Waals surface area contributed by atoms with Crippen molar-refractivity contribution in [1.29, 1.82) is 0 Å². The molecule has 0 aliphatic carbocycles. The Hall–Kier alpha value is -2.68. The number of rotatable bonds is 4. The summed E-state index contributed by atoms with van der Waals surface area (Å²) in [5.41, 5.74) is 5.34. The fraction of sp³-hybridized carbons (Fsp3) is 0.150. The summed E-state index contributed by atoms with van der Waals surface area (Å²) in [7, 11) is 0. The van der Waals surface area contributed by atoms with Crippen LogP contribution in [-0.2, 0) is 17.9 Å². The smallest absolute Gasteiger partial charge is 0.256 e. The quantitative estimate of drug-likeness (QED) is 0.558. The molecule has 1 aliphatic heterocycles. The van der Waals surface area contributed by atoms with Gasteiger partial charge in [0.1, 0.15) is 0 Å². The van der Waals surface area contributed by atoms with Gasteiger partial charge in [-0.25, -0.2) is 9.07 Å². The van der Waals surface area contributed by atoms with Crippen molar-refractivity contribution in [2.75, 3.05) is 0 Å². The van der Waals surface area contributed by atoms with Gasteiger partial charge in [0.05, 0.1) is 28.0 Å². The van der Waals surface area contributed by atoms with Crippen LogP contribution in [0, 0.1) is 0 Å². The minimum atomic E-state index is -1.14. The highest BCUT2D eigenvalue weighted by Crippen LogP contribution is 2.30. The lowest BCUT2D eigenvalue weighted by Crippen LogP contribution is -2.31. The van der Waals surface area contributed by atoms with Crippen LogP contribution in [0.3, 0.4) is 0 Å². The Balaban J connectivity index is 1.28.